The summed E-state index contributed by atoms with van der Waals surface area (Å²) in [5.74, 6) is 0.0613. The van der Waals surface area contributed by atoms with E-state index in [0.717, 1.165) is 4.47 Å². The van der Waals surface area contributed by atoms with Crippen LogP contribution in [0.1, 0.15) is 10.4 Å². The van der Waals surface area contributed by atoms with E-state index in [1.54, 1.807) is 29.2 Å². The largest absolute Gasteiger partial charge is 0.292 e. The first-order chi connectivity index (χ1) is 7.25. The third kappa shape index (κ3) is 2.53. The number of rotatable bonds is 3. The monoisotopic (exact) mass is 264 g/mol. The second kappa shape index (κ2) is 4.40. The average Bonchev–Trinajstić information content (AvgIpc) is 2.65. The maximum atomic E-state index is 11.7. The van der Waals surface area contributed by atoms with Gasteiger partial charge in [0, 0.05) is 11.8 Å². The number of carbonyl (C=O) groups is 1. The Hall–Kier alpha value is -1.42. The summed E-state index contributed by atoms with van der Waals surface area (Å²) in [7, 11) is 0. The summed E-state index contributed by atoms with van der Waals surface area (Å²) in [4.78, 5) is 11.7. The second-order valence-corrected chi connectivity index (χ2v) is 4.06. The molecule has 1 aromatic heterocycles. The number of Topliss-reactive ketones (excluding diaryl/α,β-unsaturated/α-hetero) is 1. The van der Waals surface area contributed by atoms with Gasteiger partial charge in [0.15, 0.2) is 5.78 Å². The van der Waals surface area contributed by atoms with E-state index in [0.29, 0.717) is 5.56 Å². The van der Waals surface area contributed by atoms with Gasteiger partial charge < -0.3 is 0 Å². The van der Waals surface area contributed by atoms with E-state index in [4.69, 9.17) is 0 Å². The number of benzene rings is 1. The quantitative estimate of drug-likeness (QED) is 0.799. The number of aromatic nitrogens is 2. The molecule has 0 saturated carbocycles. The van der Waals surface area contributed by atoms with Gasteiger partial charge in [-0.3, -0.25) is 9.48 Å². The topological polar surface area (TPSA) is 34.9 Å². The molecule has 0 N–H and O–H groups in total. The van der Waals surface area contributed by atoms with Crippen molar-refractivity contribution in [2.45, 2.75) is 6.54 Å². The highest BCUT2D eigenvalue weighted by Crippen LogP contribution is 2.07. The molecule has 15 heavy (non-hydrogen) atoms. The molecule has 2 aromatic rings. The Kier molecular flexibility index (Phi) is 2.97. The Balaban J connectivity index is 2.11. The summed E-state index contributed by atoms with van der Waals surface area (Å²) in [5, 5.41) is 4.03. The summed E-state index contributed by atoms with van der Waals surface area (Å²) < 4.78 is 2.49. The van der Waals surface area contributed by atoms with Crippen molar-refractivity contribution in [3.8, 4) is 0 Å². The van der Waals surface area contributed by atoms with Gasteiger partial charge in [0.1, 0.15) is 6.54 Å². The molecule has 0 radical (unpaired) electrons. The van der Waals surface area contributed by atoms with Crippen molar-refractivity contribution in [3.05, 3.63) is 52.8 Å². The summed E-state index contributed by atoms with van der Waals surface area (Å²) in [6, 6.07) is 9.21. The highest BCUT2D eigenvalue weighted by molar-refractivity contribution is 9.10. The smallest absolute Gasteiger partial charge is 0.184 e. The lowest BCUT2D eigenvalue weighted by Gasteiger charge is -2.00. The van der Waals surface area contributed by atoms with Gasteiger partial charge in [-0.05, 0) is 15.9 Å². The van der Waals surface area contributed by atoms with Crippen LogP contribution >= 0.6 is 15.9 Å². The summed E-state index contributed by atoms with van der Waals surface area (Å²) >= 11 is 3.28. The van der Waals surface area contributed by atoms with Gasteiger partial charge in [0.2, 0.25) is 0 Å². The van der Waals surface area contributed by atoms with Gasteiger partial charge in [-0.25, -0.2) is 0 Å². The Morgan fingerprint density at radius 2 is 2.07 bits per heavy atom. The highest BCUT2D eigenvalue weighted by atomic mass is 79.9. The average molecular weight is 265 g/mol. The fourth-order valence-corrected chi connectivity index (χ4v) is 1.62. The molecule has 1 aromatic carbocycles. The SMILES string of the molecule is O=C(Cn1cc(Br)cn1)c1ccccc1. The van der Waals surface area contributed by atoms with Crippen molar-refractivity contribution < 1.29 is 4.79 Å². The van der Waals surface area contributed by atoms with Crippen molar-refractivity contribution in [2.24, 2.45) is 0 Å². The lowest BCUT2D eigenvalue weighted by Crippen LogP contribution is -2.10. The molecule has 1 heterocycles. The lowest BCUT2D eigenvalue weighted by atomic mass is 10.1. The molecule has 0 aliphatic rings. The minimum atomic E-state index is 0.0613. The molecular formula is C11H9BrN2O. The van der Waals surface area contributed by atoms with Crippen LogP contribution in [0.25, 0.3) is 0 Å². The molecule has 0 bridgehead atoms. The van der Waals surface area contributed by atoms with E-state index in [9.17, 15) is 4.79 Å². The highest BCUT2D eigenvalue weighted by Gasteiger charge is 2.06. The zero-order chi connectivity index (χ0) is 10.7. The molecule has 0 atom stereocenters. The lowest BCUT2D eigenvalue weighted by molar-refractivity contribution is 0.0967. The van der Waals surface area contributed by atoms with Crippen LogP contribution in [0.2, 0.25) is 0 Å². The molecule has 3 nitrogen and oxygen atoms in total. The van der Waals surface area contributed by atoms with Crippen LogP contribution in [0, 0.1) is 0 Å². The van der Waals surface area contributed by atoms with Gasteiger partial charge in [0.25, 0.3) is 0 Å². The zero-order valence-electron chi connectivity index (χ0n) is 7.93. The Morgan fingerprint density at radius 1 is 1.33 bits per heavy atom. The van der Waals surface area contributed by atoms with E-state index < -0.39 is 0 Å². The standard InChI is InChI=1S/C11H9BrN2O/c12-10-6-13-14(7-10)8-11(15)9-4-2-1-3-5-9/h1-7H,8H2. The fourth-order valence-electron chi connectivity index (χ4n) is 1.29. The van der Waals surface area contributed by atoms with E-state index >= 15 is 0 Å². The van der Waals surface area contributed by atoms with Crippen LogP contribution in [-0.4, -0.2) is 15.6 Å². The van der Waals surface area contributed by atoms with Crippen LogP contribution in [0.3, 0.4) is 0 Å². The number of nitrogens with zero attached hydrogens (tertiary/aromatic N) is 2. The van der Waals surface area contributed by atoms with Crippen LogP contribution < -0.4 is 0 Å². The first-order valence-corrected chi connectivity index (χ1v) is 5.31. The number of hydrogen-bond donors (Lipinski definition) is 0. The number of hydrogen-bond acceptors (Lipinski definition) is 2. The van der Waals surface area contributed by atoms with E-state index in [2.05, 4.69) is 21.0 Å². The Bertz CT molecular complexity index is 464. The normalized spacial score (nSPS) is 10.2. The predicted octanol–water partition coefficient (Wildman–Crippen LogP) is 2.53. The number of halogens is 1. The van der Waals surface area contributed by atoms with Crippen LogP contribution in [0.15, 0.2) is 47.2 Å². The number of carbonyl (C=O) groups excluding carboxylic acids is 1. The maximum Gasteiger partial charge on any atom is 0.184 e. The predicted molar refractivity (Wildman–Crippen MR) is 60.7 cm³/mol. The van der Waals surface area contributed by atoms with Gasteiger partial charge in [-0.15, -0.1) is 0 Å². The van der Waals surface area contributed by atoms with Gasteiger partial charge in [-0.1, -0.05) is 30.3 Å². The second-order valence-electron chi connectivity index (χ2n) is 3.15. The van der Waals surface area contributed by atoms with Crippen molar-refractivity contribution >= 4 is 21.7 Å². The third-order valence-corrected chi connectivity index (χ3v) is 2.41. The van der Waals surface area contributed by atoms with Gasteiger partial charge in [0.05, 0.1) is 10.7 Å². The minimum absolute atomic E-state index is 0.0613. The summed E-state index contributed by atoms with van der Waals surface area (Å²) in [6.45, 7) is 0.273. The molecule has 2 rings (SSSR count). The minimum Gasteiger partial charge on any atom is -0.292 e. The van der Waals surface area contributed by atoms with Crippen molar-refractivity contribution in [2.75, 3.05) is 0 Å². The molecule has 76 valence electrons. The molecule has 0 aliphatic carbocycles. The van der Waals surface area contributed by atoms with Crippen molar-refractivity contribution in [3.63, 3.8) is 0 Å². The maximum absolute atomic E-state index is 11.7. The molecule has 0 fully saturated rings. The first-order valence-electron chi connectivity index (χ1n) is 4.52. The molecule has 0 aliphatic heterocycles. The summed E-state index contributed by atoms with van der Waals surface area (Å²) in [6.07, 6.45) is 3.44. The molecule has 0 unspecified atom stereocenters. The van der Waals surface area contributed by atoms with Crippen molar-refractivity contribution in [1.82, 2.24) is 9.78 Å². The van der Waals surface area contributed by atoms with Crippen LogP contribution in [0.5, 0.6) is 0 Å². The Labute approximate surface area is 95.9 Å². The zero-order valence-corrected chi connectivity index (χ0v) is 9.52. The molecule has 4 heteroatoms. The summed E-state index contributed by atoms with van der Waals surface area (Å²) in [5.41, 5.74) is 0.712. The van der Waals surface area contributed by atoms with E-state index in [1.165, 1.54) is 0 Å². The van der Waals surface area contributed by atoms with Crippen molar-refractivity contribution in [1.29, 1.82) is 0 Å². The molecule has 0 amide bonds. The molecular weight excluding hydrogens is 256 g/mol. The van der Waals surface area contributed by atoms with Gasteiger partial charge in [-0.2, -0.15) is 5.10 Å². The molecule has 0 spiro atoms. The fraction of sp³-hybridized carbons (Fsp3) is 0.0909. The molecule has 0 saturated heterocycles. The van der Waals surface area contributed by atoms with E-state index in [1.807, 2.05) is 18.2 Å². The Morgan fingerprint density at radius 3 is 2.67 bits per heavy atom. The number of ketones is 1. The van der Waals surface area contributed by atoms with E-state index in [-0.39, 0.29) is 12.3 Å². The first kappa shape index (κ1) is 10.1. The van der Waals surface area contributed by atoms with Crippen LogP contribution in [-0.2, 0) is 6.54 Å². The van der Waals surface area contributed by atoms with Crippen LogP contribution in [0.4, 0.5) is 0 Å². The third-order valence-electron chi connectivity index (χ3n) is 2.00. The van der Waals surface area contributed by atoms with Gasteiger partial charge >= 0.3 is 0 Å².